The van der Waals surface area contributed by atoms with E-state index in [2.05, 4.69) is 15.8 Å². The molecule has 9 heteroatoms. The SMILES string of the molecule is O=C(CSc1nc2ccccc2o1)NNC(=O)CN1CCCC1=O. The molecule has 3 rings (SSSR count). The van der Waals surface area contributed by atoms with Gasteiger partial charge in [-0.3, -0.25) is 25.2 Å². The van der Waals surface area contributed by atoms with Gasteiger partial charge in [-0.15, -0.1) is 0 Å². The first-order valence-electron chi connectivity index (χ1n) is 7.45. The van der Waals surface area contributed by atoms with Crippen LogP contribution in [0.5, 0.6) is 0 Å². The van der Waals surface area contributed by atoms with Crippen LogP contribution in [0.3, 0.4) is 0 Å². The summed E-state index contributed by atoms with van der Waals surface area (Å²) in [6.07, 6.45) is 1.24. The molecule has 1 aliphatic rings. The number of hydrazine groups is 1. The summed E-state index contributed by atoms with van der Waals surface area (Å²) in [7, 11) is 0. The summed E-state index contributed by atoms with van der Waals surface area (Å²) in [4.78, 5) is 40.6. The van der Waals surface area contributed by atoms with Gasteiger partial charge in [0.05, 0.1) is 5.75 Å². The van der Waals surface area contributed by atoms with Crippen molar-refractivity contribution < 1.29 is 18.8 Å². The molecule has 1 aromatic carbocycles. The van der Waals surface area contributed by atoms with Gasteiger partial charge in [0, 0.05) is 13.0 Å². The minimum absolute atomic E-state index is 0.0389. The standard InChI is InChI=1S/C15H16N4O4S/c20-12(8-19-7-3-6-14(19)22)17-18-13(21)9-24-15-16-10-4-1-2-5-11(10)23-15/h1-2,4-5H,3,6-9H2,(H,17,20)(H,18,21). The number of para-hydroxylation sites is 2. The Bertz CT molecular complexity index is 743. The van der Waals surface area contributed by atoms with Crippen LogP contribution in [0.25, 0.3) is 11.1 Å². The van der Waals surface area contributed by atoms with E-state index in [1.165, 1.54) is 4.90 Å². The third-order valence-electron chi connectivity index (χ3n) is 3.45. The number of benzene rings is 1. The monoisotopic (exact) mass is 348 g/mol. The molecule has 2 heterocycles. The smallest absolute Gasteiger partial charge is 0.257 e. The molecule has 3 amide bonds. The molecule has 126 valence electrons. The average molecular weight is 348 g/mol. The van der Waals surface area contributed by atoms with Crippen LogP contribution in [0.2, 0.25) is 0 Å². The molecule has 0 radical (unpaired) electrons. The Balaban J connectivity index is 1.40. The zero-order chi connectivity index (χ0) is 16.9. The second-order valence-corrected chi connectivity index (χ2v) is 6.18. The maximum Gasteiger partial charge on any atom is 0.257 e. The van der Waals surface area contributed by atoms with Gasteiger partial charge >= 0.3 is 0 Å². The van der Waals surface area contributed by atoms with E-state index in [9.17, 15) is 14.4 Å². The summed E-state index contributed by atoms with van der Waals surface area (Å²) in [6.45, 7) is 0.533. The Morgan fingerprint density at radius 3 is 2.79 bits per heavy atom. The van der Waals surface area contributed by atoms with Crippen molar-refractivity contribution in [2.75, 3.05) is 18.8 Å². The fraction of sp³-hybridized carbons (Fsp3) is 0.333. The second kappa shape index (κ2) is 7.35. The molecule has 1 saturated heterocycles. The fourth-order valence-corrected chi connectivity index (χ4v) is 2.94. The molecular formula is C15H16N4O4S. The maximum atomic E-state index is 11.7. The predicted molar refractivity (Wildman–Crippen MR) is 86.8 cm³/mol. The van der Waals surface area contributed by atoms with Crippen LogP contribution in [-0.2, 0) is 14.4 Å². The van der Waals surface area contributed by atoms with Gasteiger partial charge in [0.15, 0.2) is 5.58 Å². The van der Waals surface area contributed by atoms with Crippen LogP contribution >= 0.6 is 11.8 Å². The van der Waals surface area contributed by atoms with E-state index < -0.39 is 5.91 Å². The van der Waals surface area contributed by atoms with Crippen LogP contribution in [0, 0.1) is 0 Å². The lowest BCUT2D eigenvalue weighted by Crippen LogP contribution is -2.47. The molecule has 24 heavy (non-hydrogen) atoms. The molecule has 0 bridgehead atoms. The van der Waals surface area contributed by atoms with E-state index in [4.69, 9.17) is 4.42 Å². The summed E-state index contributed by atoms with van der Waals surface area (Å²) in [5.41, 5.74) is 5.99. The van der Waals surface area contributed by atoms with Gasteiger partial charge in [-0.05, 0) is 18.6 Å². The van der Waals surface area contributed by atoms with Crippen LogP contribution in [-0.4, -0.2) is 46.4 Å². The van der Waals surface area contributed by atoms with E-state index in [1.807, 2.05) is 18.2 Å². The predicted octanol–water partition coefficient (Wildman–Crippen LogP) is 0.690. The number of hydrogen-bond acceptors (Lipinski definition) is 6. The Kier molecular flexibility index (Phi) is 4.99. The molecule has 0 saturated carbocycles. The molecular weight excluding hydrogens is 332 g/mol. The normalized spacial score (nSPS) is 14.2. The molecule has 0 aliphatic carbocycles. The number of likely N-dealkylation sites (tertiary alicyclic amines) is 1. The average Bonchev–Trinajstić information content (AvgIpc) is 3.17. The third-order valence-corrected chi connectivity index (χ3v) is 4.28. The highest BCUT2D eigenvalue weighted by atomic mass is 32.2. The lowest BCUT2D eigenvalue weighted by molar-refractivity contribution is -0.134. The van der Waals surface area contributed by atoms with Gasteiger partial charge in [0.1, 0.15) is 12.1 Å². The number of carbonyl (C=O) groups excluding carboxylic acids is 3. The fourth-order valence-electron chi connectivity index (χ4n) is 2.30. The first kappa shape index (κ1) is 16.3. The van der Waals surface area contributed by atoms with E-state index in [0.717, 1.165) is 23.7 Å². The lowest BCUT2D eigenvalue weighted by atomic mass is 10.3. The number of nitrogens with zero attached hydrogens (tertiary/aromatic N) is 2. The minimum Gasteiger partial charge on any atom is -0.431 e. The van der Waals surface area contributed by atoms with Crippen LogP contribution in [0.1, 0.15) is 12.8 Å². The zero-order valence-electron chi connectivity index (χ0n) is 12.8. The number of amides is 3. The van der Waals surface area contributed by atoms with Gasteiger partial charge < -0.3 is 9.32 Å². The Hall–Kier alpha value is -2.55. The molecule has 0 spiro atoms. The van der Waals surface area contributed by atoms with Gasteiger partial charge in [-0.25, -0.2) is 4.98 Å². The van der Waals surface area contributed by atoms with Gasteiger partial charge in [0.2, 0.25) is 11.8 Å². The van der Waals surface area contributed by atoms with Gasteiger partial charge in [-0.2, -0.15) is 0 Å². The molecule has 1 fully saturated rings. The van der Waals surface area contributed by atoms with E-state index >= 15 is 0 Å². The Labute approximate surface area is 141 Å². The molecule has 1 aliphatic heterocycles. The van der Waals surface area contributed by atoms with E-state index in [0.29, 0.717) is 23.8 Å². The van der Waals surface area contributed by atoms with Crippen molar-refractivity contribution in [1.82, 2.24) is 20.7 Å². The molecule has 1 aromatic heterocycles. The van der Waals surface area contributed by atoms with Crippen molar-refractivity contribution in [1.29, 1.82) is 0 Å². The number of hydrogen-bond donors (Lipinski definition) is 2. The summed E-state index contributed by atoms with van der Waals surface area (Å²) in [6, 6.07) is 7.32. The molecule has 2 N–H and O–H groups in total. The van der Waals surface area contributed by atoms with E-state index in [-0.39, 0.29) is 24.1 Å². The highest BCUT2D eigenvalue weighted by Crippen LogP contribution is 2.22. The maximum absolute atomic E-state index is 11.7. The number of rotatable bonds is 5. The number of thioether (sulfide) groups is 1. The molecule has 0 atom stereocenters. The lowest BCUT2D eigenvalue weighted by Gasteiger charge is -2.15. The third kappa shape index (κ3) is 4.05. The summed E-state index contributed by atoms with van der Waals surface area (Å²) in [5.74, 6) is -0.799. The van der Waals surface area contributed by atoms with Gasteiger partial charge in [-0.1, -0.05) is 23.9 Å². The first-order chi connectivity index (χ1) is 11.6. The topological polar surface area (TPSA) is 105 Å². The Morgan fingerprint density at radius 1 is 1.25 bits per heavy atom. The largest absolute Gasteiger partial charge is 0.431 e. The summed E-state index contributed by atoms with van der Waals surface area (Å²) >= 11 is 1.13. The molecule has 8 nitrogen and oxygen atoms in total. The zero-order valence-corrected chi connectivity index (χ0v) is 13.6. The second-order valence-electron chi connectivity index (χ2n) is 5.25. The number of oxazole rings is 1. The number of aromatic nitrogens is 1. The highest BCUT2D eigenvalue weighted by molar-refractivity contribution is 7.99. The van der Waals surface area contributed by atoms with Crippen molar-refractivity contribution in [3.8, 4) is 0 Å². The molecule has 2 aromatic rings. The Morgan fingerprint density at radius 2 is 2.04 bits per heavy atom. The summed E-state index contributed by atoms with van der Waals surface area (Å²) < 4.78 is 5.48. The molecule has 0 unspecified atom stereocenters. The first-order valence-corrected chi connectivity index (χ1v) is 8.44. The van der Waals surface area contributed by atoms with Crippen LogP contribution < -0.4 is 10.9 Å². The summed E-state index contributed by atoms with van der Waals surface area (Å²) in [5, 5.41) is 0.389. The van der Waals surface area contributed by atoms with Crippen LogP contribution in [0.15, 0.2) is 33.9 Å². The number of nitrogens with one attached hydrogen (secondary N) is 2. The van der Waals surface area contributed by atoms with Crippen molar-refractivity contribution in [3.05, 3.63) is 24.3 Å². The number of fused-ring (bicyclic) bond motifs is 1. The van der Waals surface area contributed by atoms with Crippen molar-refractivity contribution in [2.24, 2.45) is 0 Å². The van der Waals surface area contributed by atoms with Crippen molar-refractivity contribution in [3.63, 3.8) is 0 Å². The van der Waals surface area contributed by atoms with Crippen molar-refractivity contribution >= 4 is 40.6 Å². The number of carbonyl (C=O) groups is 3. The van der Waals surface area contributed by atoms with Crippen LogP contribution in [0.4, 0.5) is 0 Å². The van der Waals surface area contributed by atoms with E-state index in [1.54, 1.807) is 6.07 Å². The quantitative estimate of drug-likeness (QED) is 0.608. The van der Waals surface area contributed by atoms with Crippen molar-refractivity contribution in [2.45, 2.75) is 18.1 Å². The van der Waals surface area contributed by atoms with Gasteiger partial charge in [0.25, 0.3) is 11.1 Å². The highest BCUT2D eigenvalue weighted by Gasteiger charge is 2.22. The minimum atomic E-state index is -0.425.